The summed E-state index contributed by atoms with van der Waals surface area (Å²) in [6.07, 6.45) is 3.17. The predicted octanol–water partition coefficient (Wildman–Crippen LogP) is 1.56. The summed E-state index contributed by atoms with van der Waals surface area (Å²) in [5, 5.41) is 2.94. The Morgan fingerprint density at radius 1 is 1.33 bits per heavy atom. The number of rotatable bonds is 8. The number of carbonyl (C=O) groups is 1. The van der Waals surface area contributed by atoms with Gasteiger partial charge in [-0.15, -0.1) is 11.3 Å². The van der Waals surface area contributed by atoms with Crippen molar-refractivity contribution < 1.29 is 13.2 Å². The van der Waals surface area contributed by atoms with E-state index >= 15 is 0 Å². The first-order chi connectivity index (χ1) is 11.4. The molecule has 1 saturated carbocycles. The van der Waals surface area contributed by atoms with Crippen molar-refractivity contribution in [2.24, 2.45) is 11.7 Å². The van der Waals surface area contributed by atoms with Crippen molar-refractivity contribution in [1.29, 1.82) is 0 Å². The zero-order valence-corrected chi connectivity index (χ0v) is 16.0. The molecule has 8 heteroatoms. The topological polar surface area (TPSA) is 92.5 Å². The van der Waals surface area contributed by atoms with Gasteiger partial charge in [-0.25, -0.2) is 8.42 Å². The van der Waals surface area contributed by atoms with E-state index in [0.29, 0.717) is 30.3 Å². The molecule has 2 atom stereocenters. The first-order valence-corrected chi connectivity index (χ1v) is 10.8. The van der Waals surface area contributed by atoms with E-state index in [0.717, 1.165) is 24.1 Å². The molecule has 1 amide bonds. The van der Waals surface area contributed by atoms with Crippen molar-refractivity contribution >= 4 is 27.3 Å². The molecule has 24 heavy (non-hydrogen) atoms. The molecule has 0 aromatic carbocycles. The van der Waals surface area contributed by atoms with Gasteiger partial charge in [-0.2, -0.15) is 4.31 Å². The van der Waals surface area contributed by atoms with Crippen LogP contribution in [0.2, 0.25) is 0 Å². The van der Waals surface area contributed by atoms with Crippen molar-refractivity contribution in [3.05, 3.63) is 17.0 Å². The van der Waals surface area contributed by atoms with Crippen molar-refractivity contribution in [1.82, 2.24) is 9.62 Å². The SMILES string of the molecule is CCN(CC)S(=O)(=O)c1ccc(CCNC(=O)C2CCC(N)C2)s1. The number of hydrogen-bond donors (Lipinski definition) is 2. The van der Waals surface area contributed by atoms with Gasteiger partial charge in [-0.1, -0.05) is 13.8 Å². The van der Waals surface area contributed by atoms with E-state index in [-0.39, 0.29) is 17.9 Å². The van der Waals surface area contributed by atoms with Gasteiger partial charge in [0.2, 0.25) is 5.91 Å². The molecule has 1 fully saturated rings. The normalized spacial score (nSPS) is 21.3. The van der Waals surface area contributed by atoms with Gasteiger partial charge in [-0.3, -0.25) is 4.79 Å². The number of nitrogens with one attached hydrogen (secondary N) is 1. The molecule has 1 aromatic rings. The van der Waals surface area contributed by atoms with Crippen molar-refractivity contribution in [3.63, 3.8) is 0 Å². The van der Waals surface area contributed by atoms with Crippen LogP contribution in [0.25, 0.3) is 0 Å². The lowest BCUT2D eigenvalue weighted by Gasteiger charge is -2.16. The van der Waals surface area contributed by atoms with Crippen molar-refractivity contribution in [2.75, 3.05) is 19.6 Å². The number of nitrogens with zero attached hydrogens (tertiary/aromatic N) is 1. The molecule has 2 unspecified atom stereocenters. The fourth-order valence-corrected chi connectivity index (χ4v) is 6.00. The van der Waals surface area contributed by atoms with Crippen LogP contribution >= 0.6 is 11.3 Å². The van der Waals surface area contributed by atoms with Crippen LogP contribution in [0.4, 0.5) is 0 Å². The Morgan fingerprint density at radius 2 is 2.04 bits per heavy atom. The highest BCUT2D eigenvalue weighted by atomic mass is 32.2. The summed E-state index contributed by atoms with van der Waals surface area (Å²) in [7, 11) is -3.39. The number of sulfonamides is 1. The van der Waals surface area contributed by atoms with E-state index < -0.39 is 10.0 Å². The van der Waals surface area contributed by atoms with E-state index in [4.69, 9.17) is 5.73 Å². The molecular weight excluding hydrogens is 346 g/mol. The van der Waals surface area contributed by atoms with E-state index in [2.05, 4.69) is 5.32 Å². The van der Waals surface area contributed by atoms with Gasteiger partial charge in [0.25, 0.3) is 10.0 Å². The molecular formula is C16H27N3O3S2. The fraction of sp³-hybridized carbons (Fsp3) is 0.688. The van der Waals surface area contributed by atoms with Gasteiger partial charge in [0.15, 0.2) is 0 Å². The largest absolute Gasteiger partial charge is 0.356 e. The summed E-state index contributed by atoms with van der Waals surface area (Å²) in [6, 6.07) is 3.63. The second kappa shape index (κ2) is 8.42. The monoisotopic (exact) mass is 373 g/mol. The van der Waals surface area contributed by atoms with Gasteiger partial charge in [-0.05, 0) is 37.8 Å². The molecule has 1 heterocycles. The lowest BCUT2D eigenvalue weighted by atomic mass is 10.1. The van der Waals surface area contributed by atoms with Crippen LogP contribution in [-0.4, -0.2) is 44.3 Å². The highest BCUT2D eigenvalue weighted by molar-refractivity contribution is 7.91. The highest BCUT2D eigenvalue weighted by Gasteiger charge is 2.27. The number of hydrogen-bond acceptors (Lipinski definition) is 5. The van der Waals surface area contributed by atoms with Gasteiger partial charge >= 0.3 is 0 Å². The second-order valence-electron chi connectivity index (χ2n) is 6.12. The zero-order valence-electron chi connectivity index (χ0n) is 14.3. The van der Waals surface area contributed by atoms with Gasteiger partial charge in [0.1, 0.15) is 4.21 Å². The Bertz CT molecular complexity index is 653. The molecule has 1 aliphatic rings. The molecule has 2 rings (SSSR count). The van der Waals surface area contributed by atoms with Crippen molar-refractivity contribution in [2.45, 2.75) is 49.8 Å². The first-order valence-electron chi connectivity index (χ1n) is 8.50. The number of thiophene rings is 1. The lowest BCUT2D eigenvalue weighted by molar-refractivity contribution is -0.124. The molecule has 0 radical (unpaired) electrons. The van der Waals surface area contributed by atoms with Crippen LogP contribution < -0.4 is 11.1 Å². The Balaban J connectivity index is 1.87. The van der Waals surface area contributed by atoms with Crippen molar-refractivity contribution in [3.8, 4) is 0 Å². The third kappa shape index (κ3) is 4.56. The van der Waals surface area contributed by atoms with Crippen LogP contribution in [0.15, 0.2) is 16.3 Å². The summed E-state index contributed by atoms with van der Waals surface area (Å²) in [4.78, 5) is 13.0. The number of nitrogens with two attached hydrogens (primary N) is 1. The molecule has 3 N–H and O–H groups in total. The quantitative estimate of drug-likeness (QED) is 0.723. The van der Waals surface area contributed by atoms with Gasteiger partial charge in [0, 0.05) is 36.5 Å². The maximum absolute atomic E-state index is 12.4. The highest BCUT2D eigenvalue weighted by Crippen LogP contribution is 2.26. The van der Waals surface area contributed by atoms with Crippen LogP contribution in [0.5, 0.6) is 0 Å². The van der Waals surface area contributed by atoms with E-state index in [1.54, 1.807) is 6.07 Å². The standard InChI is InChI=1S/C16H27N3O3S2/c1-3-19(4-2)24(21,22)15-8-7-14(23-15)9-10-18-16(20)12-5-6-13(17)11-12/h7-8,12-13H,3-6,9-11,17H2,1-2H3,(H,18,20). The number of carbonyl (C=O) groups excluding carboxylic acids is 1. The van der Waals surface area contributed by atoms with Gasteiger partial charge in [0.05, 0.1) is 0 Å². The van der Waals surface area contributed by atoms with E-state index in [1.807, 2.05) is 19.9 Å². The molecule has 0 aliphatic heterocycles. The van der Waals surface area contributed by atoms with Crippen LogP contribution in [0, 0.1) is 5.92 Å². The molecule has 0 bridgehead atoms. The average Bonchev–Trinajstić information content (AvgIpc) is 3.17. The Hall–Kier alpha value is -0.960. The average molecular weight is 374 g/mol. The molecule has 0 spiro atoms. The van der Waals surface area contributed by atoms with Crippen LogP contribution in [0.3, 0.4) is 0 Å². The lowest BCUT2D eigenvalue weighted by Crippen LogP contribution is -2.31. The summed E-state index contributed by atoms with van der Waals surface area (Å²) in [5.74, 6) is 0.0948. The second-order valence-corrected chi connectivity index (χ2v) is 9.45. The molecule has 1 aliphatic carbocycles. The Labute approximate surface area is 148 Å². The van der Waals surface area contributed by atoms with Crippen LogP contribution in [-0.2, 0) is 21.2 Å². The van der Waals surface area contributed by atoms with Gasteiger partial charge < -0.3 is 11.1 Å². The molecule has 1 aromatic heterocycles. The summed E-state index contributed by atoms with van der Waals surface area (Å²) >= 11 is 1.28. The summed E-state index contributed by atoms with van der Waals surface area (Å²) in [5.41, 5.74) is 5.83. The number of amides is 1. The van der Waals surface area contributed by atoms with Crippen LogP contribution in [0.1, 0.15) is 38.0 Å². The smallest absolute Gasteiger partial charge is 0.252 e. The van der Waals surface area contributed by atoms with E-state index in [1.165, 1.54) is 15.6 Å². The van der Waals surface area contributed by atoms with E-state index in [9.17, 15) is 13.2 Å². The minimum absolute atomic E-state index is 0.0296. The minimum Gasteiger partial charge on any atom is -0.356 e. The minimum atomic E-state index is -3.39. The summed E-state index contributed by atoms with van der Waals surface area (Å²) in [6.45, 7) is 5.12. The molecule has 0 saturated heterocycles. The maximum Gasteiger partial charge on any atom is 0.252 e. The maximum atomic E-state index is 12.4. The first kappa shape index (κ1) is 19.4. The summed E-state index contributed by atoms with van der Waals surface area (Å²) < 4.78 is 26.7. The zero-order chi connectivity index (χ0) is 17.7. The molecule has 136 valence electrons. The third-order valence-corrected chi connectivity index (χ3v) is 8.11. The Kier molecular flexibility index (Phi) is 6.79. The Morgan fingerprint density at radius 3 is 2.62 bits per heavy atom. The predicted molar refractivity (Wildman–Crippen MR) is 96.5 cm³/mol. The third-order valence-electron chi connectivity index (χ3n) is 4.45. The molecule has 6 nitrogen and oxygen atoms in total. The fourth-order valence-electron chi connectivity index (χ4n) is 3.03.